The number of hydrogen-bond acceptors (Lipinski definition) is 4. The van der Waals surface area contributed by atoms with Gasteiger partial charge in [0.25, 0.3) is 0 Å². The Morgan fingerprint density at radius 3 is 1.85 bits per heavy atom. The molecule has 4 N–H and O–H groups in total. The van der Waals surface area contributed by atoms with Crippen molar-refractivity contribution in [3.05, 3.63) is 0 Å². The van der Waals surface area contributed by atoms with E-state index in [0.29, 0.717) is 0 Å². The number of nitrogens with two attached hydrogens (primary N) is 2. The predicted molar refractivity (Wildman–Crippen MR) is 50.3 cm³/mol. The van der Waals surface area contributed by atoms with Gasteiger partial charge in [0, 0.05) is 6.42 Å². The van der Waals surface area contributed by atoms with E-state index in [2.05, 4.69) is 20.9 Å². The second-order valence-corrected chi connectivity index (χ2v) is 3.49. The molecule has 0 atom stereocenters. The van der Waals surface area contributed by atoms with Crippen molar-refractivity contribution in [2.45, 2.75) is 30.8 Å². The number of rotatable bonds is 7. The molecule has 0 bridgehead atoms. The van der Waals surface area contributed by atoms with Crippen LogP contribution in [0.25, 0.3) is 0 Å². The fraction of sp³-hybridized carbons (Fsp3) is 0.750. The minimum absolute atomic E-state index is 0.775. The molecule has 0 aromatic rings. The number of ether oxygens (including phenoxy) is 2. The van der Waals surface area contributed by atoms with Gasteiger partial charge in [-0.2, -0.15) is 26.3 Å². The van der Waals surface area contributed by atoms with E-state index in [9.17, 15) is 35.9 Å². The lowest BCUT2D eigenvalue weighted by molar-refractivity contribution is -0.380. The van der Waals surface area contributed by atoms with Gasteiger partial charge in [-0.1, -0.05) is 0 Å². The van der Waals surface area contributed by atoms with Crippen molar-refractivity contribution in [2.75, 3.05) is 6.61 Å². The molecule has 12 heteroatoms. The molecule has 0 rings (SSSR count). The van der Waals surface area contributed by atoms with Crippen molar-refractivity contribution in [3.63, 3.8) is 0 Å². The van der Waals surface area contributed by atoms with Crippen molar-refractivity contribution >= 4 is 12.2 Å². The highest BCUT2D eigenvalue weighted by atomic mass is 19.3. The zero-order chi connectivity index (χ0) is 16.2. The lowest BCUT2D eigenvalue weighted by Crippen LogP contribution is -2.56. The van der Waals surface area contributed by atoms with Gasteiger partial charge in [0.2, 0.25) is 0 Å². The predicted octanol–water partition coefficient (Wildman–Crippen LogP) is 1.82. The molecule has 0 aliphatic rings. The summed E-state index contributed by atoms with van der Waals surface area (Å²) in [7, 11) is 0. The van der Waals surface area contributed by atoms with Crippen LogP contribution in [0.15, 0.2) is 0 Å². The first-order valence-corrected chi connectivity index (χ1v) is 4.87. The summed E-state index contributed by atoms with van der Waals surface area (Å²) >= 11 is 0. The quantitative estimate of drug-likeness (QED) is 0.552. The van der Waals surface area contributed by atoms with E-state index in [1.165, 1.54) is 0 Å². The molecular weight excluding hydrogens is 302 g/mol. The topological polar surface area (TPSA) is 105 Å². The molecule has 0 radical (unpaired) electrons. The van der Waals surface area contributed by atoms with Gasteiger partial charge in [-0.25, -0.2) is 9.59 Å². The van der Waals surface area contributed by atoms with Crippen molar-refractivity contribution in [1.82, 2.24) is 0 Å². The minimum Gasteiger partial charge on any atom is -0.450 e. The van der Waals surface area contributed by atoms with Gasteiger partial charge in [0.15, 0.2) is 0 Å². The molecule has 6 nitrogen and oxygen atoms in total. The minimum atomic E-state index is -6.00. The first-order valence-electron chi connectivity index (χ1n) is 4.87. The van der Waals surface area contributed by atoms with Gasteiger partial charge >= 0.3 is 30.1 Å². The monoisotopic (exact) mass is 312 g/mol. The Kier molecular flexibility index (Phi) is 5.48. The normalized spacial score (nSPS) is 12.9. The average Bonchev–Trinajstić information content (AvgIpc) is 2.21. The number of amides is 2. The van der Waals surface area contributed by atoms with Crippen LogP contribution < -0.4 is 11.5 Å². The van der Waals surface area contributed by atoms with Gasteiger partial charge in [-0.3, -0.25) is 0 Å². The fourth-order valence-electron chi connectivity index (χ4n) is 1.03. The second-order valence-electron chi connectivity index (χ2n) is 3.49. The molecule has 0 saturated carbocycles. The third kappa shape index (κ3) is 4.35. The summed E-state index contributed by atoms with van der Waals surface area (Å²) < 4.78 is 84.1. The summed E-state index contributed by atoms with van der Waals surface area (Å²) in [5.74, 6) is -11.2. The maximum absolute atomic E-state index is 13.0. The number of hydrogen-bond donors (Lipinski definition) is 2. The van der Waals surface area contributed by atoms with Crippen molar-refractivity contribution in [1.29, 1.82) is 0 Å². The number of carbonyl (C=O) groups is 2. The lowest BCUT2D eigenvalue weighted by atomic mass is 10.1. The zero-order valence-corrected chi connectivity index (χ0v) is 9.68. The molecule has 0 spiro atoms. The van der Waals surface area contributed by atoms with Crippen LogP contribution in [-0.4, -0.2) is 36.7 Å². The van der Waals surface area contributed by atoms with E-state index in [0.717, 1.165) is 0 Å². The third-order valence-corrected chi connectivity index (χ3v) is 1.93. The number of primary amides is 2. The van der Waals surface area contributed by atoms with E-state index < -0.39 is 49.6 Å². The first-order chi connectivity index (χ1) is 8.83. The first kappa shape index (κ1) is 18.1. The Labute approximate surface area is 108 Å². The molecule has 0 fully saturated rings. The molecule has 0 unspecified atom stereocenters. The summed E-state index contributed by atoms with van der Waals surface area (Å²) in [6, 6.07) is 0. The van der Waals surface area contributed by atoms with Gasteiger partial charge < -0.3 is 20.9 Å². The van der Waals surface area contributed by atoms with Crippen LogP contribution in [0.5, 0.6) is 0 Å². The molecule has 0 aliphatic carbocycles. The summed E-state index contributed by atoms with van der Waals surface area (Å²) in [6.45, 7) is -0.775. The molecule has 0 aromatic carbocycles. The highest BCUT2D eigenvalue weighted by Crippen LogP contribution is 2.48. The Morgan fingerprint density at radius 1 is 0.950 bits per heavy atom. The fourth-order valence-corrected chi connectivity index (χ4v) is 1.03. The molecule has 20 heavy (non-hydrogen) atoms. The van der Waals surface area contributed by atoms with E-state index in [1.54, 1.807) is 0 Å². The SMILES string of the molecule is NC(=O)OCCCC(F)(F)C(F)(F)C(F)(F)OC(N)=O. The molecule has 0 heterocycles. The van der Waals surface area contributed by atoms with E-state index in [1.807, 2.05) is 0 Å². The summed E-state index contributed by atoms with van der Waals surface area (Å²) in [4.78, 5) is 20.1. The van der Waals surface area contributed by atoms with Crippen LogP contribution in [0.2, 0.25) is 0 Å². The summed E-state index contributed by atoms with van der Waals surface area (Å²) in [5.41, 5.74) is 8.55. The Morgan fingerprint density at radius 2 is 1.45 bits per heavy atom. The average molecular weight is 312 g/mol. The van der Waals surface area contributed by atoms with Crippen molar-refractivity contribution in [3.8, 4) is 0 Å². The molecule has 0 saturated heterocycles. The third-order valence-electron chi connectivity index (χ3n) is 1.93. The van der Waals surface area contributed by atoms with Crippen LogP contribution in [0.3, 0.4) is 0 Å². The van der Waals surface area contributed by atoms with Crippen LogP contribution >= 0.6 is 0 Å². The zero-order valence-electron chi connectivity index (χ0n) is 9.68. The highest BCUT2D eigenvalue weighted by Gasteiger charge is 2.74. The molecule has 118 valence electrons. The number of alkyl halides is 6. The van der Waals surface area contributed by atoms with Gasteiger partial charge in [-0.05, 0) is 6.42 Å². The van der Waals surface area contributed by atoms with Gasteiger partial charge in [0.1, 0.15) is 0 Å². The summed E-state index contributed by atoms with van der Waals surface area (Å²) in [5, 5.41) is 0. The maximum atomic E-state index is 13.0. The van der Waals surface area contributed by atoms with E-state index in [-0.39, 0.29) is 0 Å². The smallest absolute Gasteiger partial charge is 0.450 e. The van der Waals surface area contributed by atoms with Crippen LogP contribution in [-0.2, 0) is 9.47 Å². The molecular formula is C8H10F6N2O4. The standard InChI is InChI=1S/C8H10F6N2O4/c9-6(10,2-1-3-19-4(15)17)7(11,12)8(13,14)20-5(16)18/h1-3H2,(H2,15,17)(H2,16,18). The van der Waals surface area contributed by atoms with Crippen molar-refractivity contribution in [2.24, 2.45) is 11.5 Å². The molecule has 0 aliphatic heterocycles. The van der Waals surface area contributed by atoms with E-state index >= 15 is 0 Å². The maximum Gasteiger partial charge on any atom is 0.474 e. The Hall–Kier alpha value is -1.88. The second kappa shape index (κ2) is 6.05. The van der Waals surface area contributed by atoms with E-state index in [4.69, 9.17) is 0 Å². The van der Waals surface area contributed by atoms with Crippen molar-refractivity contribution < 1.29 is 45.4 Å². The lowest BCUT2D eigenvalue weighted by Gasteiger charge is -2.31. The largest absolute Gasteiger partial charge is 0.474 e. The Balaban J connectivity index is 4.78. The number of carbonyl (C=O) groups excluding carboxylic acids is 2. The highest BCUT2D eigenvalue weighted by molar-refractivity contribution is 5.65. The molecule has 0 aromatic heterocycles. The van der Waals surface area contributed by atoms with Crippen LogP contribution in [0, 0.1) is 0 Å². The van der Waals surface area contributed by atoms with Gasteiger partial charge in [-0.15, -0.1) is 0 Å². The number of halogens is 6. The molecule has 2 amide bonds. The Bertz CT molecular complexity index is 376. The van der Waals surface area contributed by atoms with Crippen LogP contribution in [0.1, 0.15) is 12.8 Å². The van der Waals surface area contributed by atoms with Gasteiger partial charge in [0.05, 0.1) is 6.61 Å². The van der Waals surface area contributed by atoms with Crippen LogP contribution in [0.4, 0.5) is 35.9 Å². The summed E-state index contributed by atoms with van der Waals surface area (Å²) in [6.07, 6.45) is -12.1.